The quantitative estimate of drug-likeness (QED) is 0.315. The summed E-state index contributed by atoms with van der Waals surface area (Å²) in [6, 6.07) is 15.4. The zero-order chi connectivity index (χ0) is 26.8. The molecule has 1 aromatic heterocycles. The van der Waals surface area contributed by atoms with Crippen molar-refractivity contribution in [2.75, 3.05) is 13.2 Å². The molecule has 6 rings (SSSR count). The maximum absolute atomic E-state index is 15.6. The summed E-state index contributed by atoms with van der Waals surface area (Å²) in [6.07, 6.45) is -2.43. The van der Waals surface area contributed by atoms with Gasteiger partial charge >= 0.3 is 0 Å². The first kappa shape index (κ1) is 24.9. The van der Waals surface area contributed by atoms with Crippen LogP contribution in [-0.4, -0.2) is 57.4 Å². The van der Waals surface area contributed by atoms with Crippen LogP contribution >= 0.6 is 0 Å². The number of rotatable bonds is 5. The van der Waals surface area contributed by atoms with Gasteiger partial charge in [-0.1, -0.05) is 48.5 Å². The van der Waals surface area contributed by atoms with Gasteiger partial charge in [0.15, 0.2) is 17.6 Å². The standard InChI is InChI=1S/C28H27F2N3O5/c1-27(2,35)17-9-7-15(8-10-17)14-3-5-16(6-4-14)22-18(29)11-19-24(23(22)30)33-26(32-19)38-21-13-36-25-20(34)12-37-28(21,25)31/h3-11,20-21,25,34-35H,12-13,31H2,1-2H3,(H,32,33). The lowest BCUT2D eigenvalue weighted by atomic mass is 9.94. The molecular weight excluding hydrogens is 496 g/mol. The zero-order valence-electron chi connectivity index (χ0n) is 20.7. The van der Waals surface area contributed by atoms with Gasteiger partial charge in [-0.05, 0) is 36.1 Å². The van der Waals surface area contributed by atoms with Crippen LogP contribution in [0, 0.1) is 11.6 Å². The Labute approximate surface area is 217 Å². The highest BCUT2D eigenvalue weighted by atomic mass is 19.1. The lowest BCUT2D eigenvalue weighted by Crippen LogP contribution is -2.57. The first-order chi connectivity index (χ1) is 18.0. The molecule has 8 nitrogen and oxygen atoms in total. The first-order valence-corrected chi connectivity index (χ1v) is 12.2. The van der Waals surface area contributed by atoms with E-state index in [9.17, 15) is 10.2 Å². The molecule has 2 fully saturated rings. The maximum Gasteiger partial charge on any atom is 0.295 e. The highest BCUT2D eigenvalue weighted by Gasteiger charge is 2.59. The second-order valence-electron chi connectivity index (χ2n) is 10.3. The van der Waals surface area contributed by atoms with Crippen LogP contribution in [0.2, 0.25) is 0 Å². The molecule has 5 N–H and O–H groups in total. The molecule has 0 radical (unpaired) electrons. The molecule has 0 bridgehead atoms. The summed E-state index contributed by atoms with van der Waals surface area (Å²) in [7, 11) is 0. The average molecular weight is 524 g/mol. The van der Waals surface area contributed by atoms with Crippen molar-refractivity contribution in [1.82, 2.24) is 9.97 Å². The summed E-state index contributed by atoms with van der Waals surface area (Å²) in [5, 5.41) is 20.1. The van der Waals surface area contributed by atoms with Crippen LogP contribution in [0.1, 0.15) is 19.4 Å². The Balaban J connectivity index is 1.27. The summed E-state index contributed by atoms with van der Waals surface area (Å²) in [5.41, 5.74) is 6.67. The van der Waals surface area contributed by atoms with E-state index in [1.165, 1.54) is 6.07 Å². The molecule has 4 unspecified atom stereocenters. The molecule has 198 valence electrons. The minimum absolute atomic E-state index is 0.00922. The monoisotopic (exact) mass is 523 g/mol. The van der Waals surface area contributed by atoms with Gasteiger partial charge < -0.3 is 29.4 Å². The minimum Gasteiger partial charge on any atom is -0.454 e. The fourth-order valence-corrected chi connectivity index (χ4v) is 5.08. The Kier molecular flexibility index (Phi) is 5.78. The van der Waals surface area contributed by atoms with Gasteiger partial charge in [-0.3, -0.25) is 5.73 Å². The first-order valence-electron chi connectivity index (χ1n) is 12.2. The van der Waals surface area contributed by atoms with E-state index < -0.39 is 41.3 Å². The van der Waals surface area contributed by atoms with Crippen molar-refractivity contribution in [3.8, 4) is 28.3 Å². The van der Waals surface area contributed by atoms with Gasteiger partial charge in [-0.15, -0.1) is 0 Å². The van der Waals surface area contributed by atoms with E-state index in [4.69, 9.17) is 19.9 Å². The normalized spacial score (nSPS) is 25.2. The SMILES string of the molecule is CC(C)(O)c1ccc(-c2ccc(-c3c(F)cc4[nH]c(OC5COC6C(O)COC56N)nc4c3F)cc2)cc1. The van der Waals surface area contributed by atoms with E-state index in [2.05, 4.69) is 9.97 Å². The fourth-order valence-electron chi connectivity index (χ4n) is 5.08. The predicted molar refractivity (Wildman–Crippen MR) is 135 cm³/mol. The number of aliphatic hydroxyl groups is 2. The molecule has 4 aromatic rings. The van der Waals surface area contributed by atoms with Gasteiger partial charge in [0, 0.05) is 6.07 Å². The van der Waals surface area contributed by atoms with E-state index in [-0.39, 0.29) is 35.8 Å². The van der Waals surface area contributed by atoms with Gasteiger partial charge in [0.2, 0.25) is 0 Å². The molecule has 0 aliphatic carbocycles. The van der Waals surface area contributed by atoms with Crippen LogP contribution in [0.15, 0.2) is 54.6 Å². The smallest absolute Gasteiger partial charge is 0.295 e. The number of aliphatic hydroxyl groups excluding tert-OH is 1. The van der Waals surface area contributed by atoms with Gasteiger partial charge in [0.1, 0.15) is 23.5 Å². The Morgan fingerprint density at radius 3 is 2.34 bits per heavy atom. The number of hydrogen-bond donors (Lipinski definition) is 4. The van der Waals surface area contributed by atoms with E-state index >= 15 is 8.78 Å². The topological polar surface area (TPSA) is 123 Å². The van der Waals surface area contributed by atoms with Crippen molar-refractivity contribution in [3.05, 3.63) is 71.8 Å². The van der Waals surface area contributed by atoms with Crippen LogP contribution in [0.4, 0.5) is 8.78 Å². The molecule has 0 amide bonds. The van der Waals surface area contributed by atoms with Crippen LogP contribution in [0.25, 0.3) is 33.3 Å². The van der Waals surface area contributed by atoms with E-state index in [0.29, 0.717) is 5.56 Å². The summed E-state index contributed by atoms with van der Waals surface area (Å²) >= 11 is 0. The number of aromatic amines is 1. The van der Waals surface area contributed by atoms with E-state index in [1.807, 2.05) is 24.3 Å². The van der Waals surface area contributed by atoms with Crippen LogP contribution in [0.5, 0.6) is 6.01 Å². The number of nitrogens with one attached hydrogen (secondary N) is 1. The Morgan fingerprint density at radius 1 is 1.05 bits per heavy atom. The molecule has 0 saturated carbocycles. The molecule has 38 heavy (non-hydrogen) atoms. The number of aromatic nitrogens is 2. The number of nitrogens with zero attached hydrogens (tertiary/aromatic N) is 1. The highest BCUT2D eigenvalue weighted by molar-refractivity contribution is 5.84. The van der Waals surface area contributed by atoms with Crippen molar-refractivity contribution in [2.24, 2.45) is 5.73 Å². The van der Waals surface area contributed by atoms with Crippen molar-refractivity contribution in [2.45, 2.75) is 43.5 Å². The largest absolute Gasteiger partial charge is 0.454 e. The fraction of sp³-hybridized carbons (Fsp3) is 0.321. The van der Waals surface area contributed by atoms with Crippen molar-refractivity contribution < 1.29 is 33.2 Å². The molecule has 3 aromatic carbocycles. The molecule has 0 spiro atoms. The molecule has 4 atom stereocenters. The maximum atomic E-state index is 15.6. The minimum atomic E-state index is -1.37. The third kappa shape index (κ3) is 4.05. The molecular formula is C28H27F2N3O5. The van der Waals surface area contributed by atoms with E-state index in [0.717, 1.165) is 16.7 Å². The second-order valence-corrected chi connectivity index (χ2v) is 10.3. The van der Waals surface area contributed by atoms with Crippen molar-refractivity contribution in [3.63, 3.8) is 0 Å². The van der Waals surface area contributed by atoms with Gasteiger partial charge in [-0.2, -0.15) is 4.98 Å². The number of nitrogens with two attached hydrogens (primary N) is 1. The Hall–Kier alpha value is -3.41. The van der Waals surface area contributed by atoms with Crippen LogP contribution in [0.3, 0.4) is 0 Å². The lowest BCUT2D eigenvalue weighted by molar-refractivity contribution is -0.0647. The zero-order valence-corrected chi connectivity index (χ0v) is 20.7. The molecule has 3 heterocycles. The van der Waals surface area contributed by atoms with Gasteiger partial charge in [0.25, 0.3) is 6.01 Å². The number of hydrogen-bond acceptors (Lipinski definition) is 7. The number of fused-ring (bicyclic) bond motifs is 2. The molecule has 10 heteroatoms. The summed E-state index contributed by atoms with van der Waals surface area (Å²) < 4.78 is 47.5. The number of H-pyrrole nitrogens is 1. The summed E-state index contributed by atoms with van der Waals surface area (Å²) in [4.78, 5) is 6.97. The second kappa shape index (κ2) is 8.82. The van der Waals surface area contributed by atoms with E-state index in [1.54, 1.807) is 38.1 Å². The summed E-state index contributed by atoms with van der Waals surface area (Å²) in [6.45, 7) is 3.49. The van der Waals surface area contributed by atoms with Gasteiger partial charge in [-0.25, -0.2) is 8.78 Å². The third-order valence-electron chi connectivity index (χ3n) is 7.23. The number of ether oxygens (including phenoxy) is 3. The molecule has 2 saturated heterocycles. The van der Waals surface area contributed by atoms with Crippen LogP contribution in [-0.2, 0) is 15.1 Å². The predicted octanol–water partition coefficient (Wildman–Crippen LogP) is 3.59. The lowest BCUT2D eigenvalue weighted by Gasteiger charge is -2.27. The van der Waals surface area contributed by atoms with Gasteiger partial charge in [0.05, 0.1) is 29.9 Å². The molecule has 2 aliphatic heterocycles. The molecule has 2 aliphatic rings. The van der Waals surface area contributed by atoms with Crippen molar-refractivity contribution in [1.29, 1.82) is 0 Å². The number of benzene rings is 3. The Bertz CT molecular complexity index is 1500. The third-order valence-corrected chi connectivity index (χ3v) is 7.23. The van der Waals surface area contributed by atoms with Crippen LogP contribution < -0.4 is 10.5 Å². The Morgan fingerprint density at radius 2 is 1.68 bits per heavy atom. The average Bonchev–Trinajstić information content (AvgIpc) is 3.52. The van der Waals surface area contributed by atoms with Crippen molar-refractivity contribution >= 4 is 11.0 Å². The highest BCUT2D eigenvalue weighted by Crippen LogP contribution is 2.37. The summed E-state index contributed by atoms with van der Waals surface area (Å²) in [5.74, 6) is -1.58. The number of halogens is 2. The number of imidazole rings is 1.